The van der Waals surface area contributed by atoms with Gasteiger partial charge in [-0.3, -0.25) is 9.69 Å². The van der Waals surface area contributed by atoms with Gasteiger partial charge >= 0.3 is 5.97 Å². The molecule has 1 saturated heterocycles. The predicted octanol–water partition coefficient (Wildman–Crippen LogP) is 2.22. The van der Waals surface area contributed by atoms with Gasteiger partial charge in [0, 0.05) is 12.0 Å². The summed E-state index contributed by atoms with van der Waals surface area (Å²) in [6.07, 6.45) is 2.25. The summed E-state index contributed by atoms with van der Waals surface area (Å²) in [5.41, 5.74) is 1.04. The molecule has 0 bridgehead atoms. The van der Waals surface area contributed by atoms with Crippen molar-refractivity contribution in [3.63, 3.8) is 0 Å². The summed E-state index contributed by atoms with van der Waals surface area (Å²) in [6.45, 7) is 2.69. The van der Waals surface area contributed by atoms with E-state index < -0.39 is 5.97 Å². The lowest BCUT2D eigenvalue weighted by Crippen LogP contribution is -2.34. The van der Waals surface area contributed by atoms with Crippen LogP contribution in [-0.2, 0) is 4.79 Å². The van der Waals surface area contributed by atoms with E-state index in [4.69, 9.17) is 5.11 Å². The van der Waals surface area contributed by atoms with Gasteiger partial charge in [0.2, 0.25) is 0 Å². The van der Waals surface area contributed by atoms with Gasteiger partial charge in [-0.1, -0.05) is 30.0 Å². The Morgan fingerprint density at radius 1 is 1.26 bits per heavy atom. The van der Waals surface area contributed by atoms with E-state index in [0.29, 0.717) is 12.3 Å². The largest absolute Gasteiger partial charge is 0.481 e. The molecule has 1 heterocycles. The molecule has 0 aromatic heterocycles. The highest BCUT2D eigenvalue weighted by Gasteiger charge is 2.20. The van der Waals surface area contributed by atoms with E-state index in [0.717, 1.165) is 38.0 Å². The van der Waals surface area contributed by atoms with Gasteiger partial charge < -0.3 is 5.11 Å². The quantitative estimate of drug-likeness (QED) is 0.844. The molecule has 1 aliphatic heterocycles. The molecule has 3 heteroatoms. The summed E-state index contributed by atoms with van der Waals surface area (Å²) in [6, 6.07) is 9.97. The topological polar surface area (TPSA) is 40.5 Å². The minimum atomic E-state index is -0.678. The van der Waals surface area contributed by atoms with Gasteiger partial charge in [-0.15, -0.1) is 0 Å². The van der Waals surface area contributed by atoms with Crippen LogP contribution >= 0.6 is 0 Å². The maximum atomic E-state index is 10.6. The van der Waals surface area contributed by atoms with E-state index in [1.165, 1.54) is 0 Å². The maximum absolute atomic E-state index is 10.6. The van der Waals surface area contributed by atoms with Crippen molar-refractivity contribution < 1.29 is 9.90 Å². The van der Waals surface area contributed by atoms with Crippen LogP contribution in [0.2, 0.25) is 0 Å². The minimum absolute atomic E-state index is 0.309. The number of likely N-dealkylation sites (tertiary alicyclic amines) is 1. The molecule has 0 radical (unpaired) electrons. The summed E-state index contributed by atoms with van der Waals surface area (Å²) >= 11 is 0. The Kier molecular flexibility index (Phi) is 5.00. The van der Waals surface area contributed by atoms with E-state index in [2.05, 4.69) is 16.7 Å². The van der Waals surface area contributed by atoms with Crippen molar-refractivity contribution in [1.82, 2.24) is 4.90 Å². The Labute approximate surface area is 114 Å². The summed E-state index contributed by atoms with van der Waals surface area (Å²) in [7, 11) is 0. The molecule has 100 valence electrons. The van der Waals surface area contributed by atoms with Crippen LogP contribution in [0.15, 0.2) is 30.3 Å². The van der Waals surface area contributed by atoms with Crippen LogP contribution in [0.5, 0.6) is 0 Å². The molecule has 2 rings (SSSR count). The second-order valence-corrected chi connectivity index (χ2v) is 4.99. The third kappa shape index (κ3) is 4.76. The number of nitrogens with zero attached hydrogens (tertiary/aromatic N) is 1. The molecule has 1 aromatic rings. The molecule has 0 aliphatic carbocycles. The van der Waals surface area contributed by atoms with Crippen molar-refractivity contribution in [2.24, 2.45) is 5.92 Å². The fourth-order valence-electron chi connectivity index (χ4n) is 2.37. The molecule has 0 spiro atoms. The van der Waals surface area contributed by atoms with E-state index in [1.807, 2.05) is 30.3 Å². The SMILES string of the molecule is O=C(O)CC1CCN(CC#Cc2ccccc2)CC1. The lowest BCUT2D eigenvalue weighted by atomic mass is 9.94. The first-order chi connectivity index (χ1) is 9.24. The van der Waals surface area contributed by atoms with Crippen LogP contribution in [0.3, 0.4) is 0 Å². The third-order valence-corrected chi connectivity index (χ3v) is 3.48. The first-order valence-electron chi connectivity index (χ1n) is 6.72. The average Bonchev–Trinajstić information content (AvgIpc) is 2.41. The number of hydrogen-bond acceptors (Lipinski definition) is 2. The molecule has 19 heavy (non-hydrogen) atoms. The Hall–Kier alpha value is -1.79. The van der Waals surface area contributed by atoms with Gasteiger partial charge in [-0.05, 0) is 44.0 Å². The molecule has 0 atom stereocenters. The summed E-state index contributed by atoms with van der Waals surface area (Å²) < 4.78 is 0. The van der Waals surface area contributed by atoms with Gasteiger partial charge in [0.05, 0.1) is 6.54 Å². The second-order valence-electron chi connectivity index (χ2n) is 4.99. The predicted molar refractivity (Wildman–Crippen MR) is 74.7 cm³/mol. The van der Waals surface area contributed by atoms with Gasteiger partial charge in [0.1, 0.15) is 0 Å². The molecule has 1 aromatic carbocycles. The van der Waals surface area contributed by atoms with Crippen LogP contribution in [0.4, 0.5) is 0 Å². The standard InChI is InChI=1S/C16H19NO2/c18-16(19)13-15-8-11-17(12-9-15)10-4-7-14-5-2-1-3-6-14/h1-3,5-6,15H,8-13H2,(H,18,19). The highest BCUT2D eigenvalue weighted by molar-refractivity contribution is 5.67. The summed E-state index contributed by atoms with van der Waals surface area (Å²) in [5.74, 6) is 6.00. The van der Waals surface area contributed by atoms with Crippen molar-refractivity contribution in [3.05, 3.63) is 35.9 Å². The van der Waals surface area contributed by atoms with Crippen molar-refractivity contribution in [2.45, 2.75) is 19.3 Å². The normalized spacial score (nSPS) is 16.6. The van der Waals surface area contributed by atoms with Crippen molar-refractivity contribution >= 4 is 5.97 Å². The van der Waals surface area contributed by atoms with Crippen LogP contribution < -0.4 is 0 Å². The molecule has 0 amide bonds. The molecule has 1 fully saturated rings. The van der Waals surface area contributed by atoms with E-state index in [1.54, 1.807) is 0 Å². The monoisotopic (exact) mass is 257 g/mol. The van der Waals surface area contributed by atoms with Gasteiger partial charge in [0.25, 0.3) is 0 Å². The van der Waals surface area contributed by atoms with Crippen molar-refractivity contribution in [3.8, 4) is 11.8 Å². The fourth-order valence-corrected chi connectivity index (χ4v) is 2.37. The lowest BCUT2D eigenvalue weighted by Gasteiger charge is -2.29. The molecule has 1 aliphatic rings. The number of carboxylic acid groups (broad SMARTS) is 1. The molecular formula is C16H19NO2. The number of aliphatic carboxylic acids is 1. The number of carbonyl (C=O) groups is 1. The molecular weight excluding hydrogens is 238 g/mol. The van der Waals surface area contributed by atoms with Gasteiger partial charge in [-0.25, -0.2) is 0 Å². The Morgan fingerprint density at radius 3 is 2.58 bits per heavy atom. The zero-order chi connectivity index (χ0) is 13.5. The smallest absolute Gasteiger partial charge is 0.303 e. The number of benzene rings is 1. The summed E-state index contributed by atoms with van der Waals surface area (Å²) in [4.78, 5) is 12.9. The Morgan fingerprint density at radius 2 is 1.95 bits per heavy atom. The number of carboxylic acids is 1. The summed E-state index contributed by atoms with van der Waals surface area (Å²) in [5, 5.41) is 8.76. The average molecular weight is 257 g/mol. The fraction of sp³-hybridized carbons (Fsp3) is 0.438. The minimum Gasteiger partial charge on any atom is -0.481 e. The Balaban J connectivity index is 1.74. The molecule has 0 unspecified atom stereocenters. The first-order valence-corrected chi connectivity index (χ1v) is 6.72. The van der Waals surface area contributed by atoms with E-state index >= 15 is 0 Å². The van der Waals surface area contributed by atoms with E-state index in [9.17, 15) is 4.79 Å². The van der Waals surface area contributed by atoms with Crippen molar-refractivity contribution in [1.29, 1.82) is 0 Å². The third-order valence-electron chi connectivity index (χ3n) is 3.48. The van der Waals surface area contributed by atoms with Crippen LogP contribution in [-0.4, -0.2) is 35.6 Å². The molecule has 3 nitrogen and oxygen atoms in total. The Bertz CT molecular complexity index is 465. The zero-order valence-electron chi connectivity index (χ0n) is 11.0. The van der Waals surface area contributed by atoms with E-state index in [-0.39, 0.29) is 0 Å². The number of hydrogen-bond donors (Lipinski definition) is 1. The van der Waals surface area contributed by atoms with Crippen LogP contribution in [0, 0.1) is 17.8 Å². The van der Waals surface area contributed by atoms with Crippen LogP contribution in [0.25, 0.3) is 0 Å². The second kappa shape index (κ2) is 6.96. The van der Waals surface area contributed by atoms with Gasteiger partial charge in [-0.2, -0.15) is 0 Å². The molecule has 0 saturated carbocycles. The maximum Gasteiger partial charge on any atom is 0.303 e. The first kappa shape index (κ1) is 13.6. The van der Waals surface area contributed by atoms with Crippen LogP contribution in [0.1, 0.15) is 24.8 Å². The number of piperidine rings is 1. The van der Waals surface area contributed by atoms with Gasteiger partial charge in [0.15, 0.2) is 0 Å². The lowest BCUT2D eigenvalue weighted by molar-refractivity contribution is -0.138. The molecule has 1 N–H and O–H groups in total. The highest BCUT2D eigenvalue weighted by atomic mass is 16.4. The number of rotatable bonds is 3. The van der Waals surface area contributed by atoms with Crippen molar-refractivity contribution in [2.75, 3.05) is 19.6 Å². The highest BCUT2D eigenvalue weighted by Crippen LogP contribution is 2.19. The zero-order valence-corrected chi connectivity index (χ0v) is 11.0.